The first-order valence-electron chi connectivity index (χ1n) is 8.89. The highest BCUT2D eigenvalue weighted by Gasteiger charge is 2.49. The van der Waals surface area contributed by atoms with E-state index in [4.69, 9.17) is 0 Å². The van der Waals surface area contributed by atoms with Crippen LogP contribution in [0.1, 0.15) is 28.8 Å². The lowest BCUT2D eigenvalue weighted by atomic mass is 10.0. The van der Waals surface area contributed by atoms with Crippen LogP contribution in [0.4, 0.5) is 0 Å². The molecule has 0 bridgehead atoms. The SMILES string of the molecule is Cc1ccc(C(=O)N2CCN(CC3CC3)[C@@H]3CS(=O)(=O)C[C@@H]32)c(O)c1. The molecule has 3 fully saturated rings. The van der Waals surface area contributed by atoms with E-state index in [9.17, 15) is 18.3 Å². The normalized spacial score (nSPS) is 28.8. The number of phenols is 1. The summed E-state index contributed by atoms with van der Waals surface area (Å²) >= 11 is 0. The summed E-state index contributed by atoms with van der Waals surface area (Å²) in [7, 11) is -3.14. The van der Waals surface area contributed by atoms with E-state index in [0.717, 1.165) is 12.1 Å². The molecule has 1 saturated carbocycles. The van der Waals surface area contributed by atoms with Crippen LogP contribution in [0.5, 0.6) is 5.75 Å². The van der Waals surface area contributed by atoms with Crippen molar-refractivity contribution in [2.45, 2.75) is 31.8 Å². The van der Waals surface area contributed by atoms with Gasteiger partial charge in [0.25, 0.3) is 5.91 Å². The summed E-state index contributed by atoms with van der Waals surface area (Å²) in [5.74, 6) is 0.538. The topological polar surface area (TPSA) is 77.9 Å². The van der Waals surface area contributed by atoms with Crippen LogP contribution in [0.15, 0.2) is 18.2 Å². The number of phenolic OH excluding ortho intramolecular Hbond substituents is 1. The number of carbonyl (C=O) groups is 1. The quantitative estimate of drug-likeness (QED) is 0.867. The smallest absolute Gasteiger partial charge is 0.257 e. The molecule has 1 aromatic rings. The van der Waals surface area contributed by atoms with Crippen molar-refractivity contribution < 1.29 is 18.3 Å². The largest absolute Gasteiger partial charge is 0.507 e. The Morgan fingerprint density at radius 1 is 1.20 bits per heavy atom. The Kier molecular flexibility index (Phi) is 4.03. The van der Waals surface area contributed by atoms with Gasteiger partial charge in [-0.1, -0.05) is 6.07 Å². The van der Waals surface area contributed by atoms with Crippen LogP contribution in [0.3, 0.4) is 0 Å². The molecular weight excluding hydrogens is 340 g/mol. The van der Waals surface area contributed by atoms with Gasteiger partial charge in [0.15, 0.2) is 9.84 Å². The van der Waals surface area contributed by atoms with E-state index < -0.39 is 9.84 Å². The van der Waals surface area contributed by atoms with Gasteiger partial charge in [-0.3, -0.25) is 9.69 Å². The molecule has 0 spiro atoms. The zero-order valence-electron chi connectivity index (χ0n) is 14.4. The minimum Gasteiger partial charge on any atom is -0.507 e. The van der Waals surface area contributed by atoms with Crippen LogP contribution in [0.25, 0.3) is 0 Å². The highest BCUT2D eigenvalue weighted by atomic mass is 32.2. The molecule has 1 aliphatic carbocycles. The molecule has 2 heterocycles. The second-order valence-corrected chi connectivity index (χ2v) is 9.82. The van der Waals surface area contributed by atoms with Gasteiger partial charge in [0.1, 0.15) is 5.75 Å². The fraction of sp³-hybridized carbons (Fsp3) is 0.611. The number of piperazine rings is 1. The molecule has 3 aliphatic rings. The van der Waals surface area contributed by atoms with E-state index in [2.05, 4.69) is 4.90 Å². The van der Waals surface area contributed by atoms with Crippen LogP contribution in [-0.2, 0) is 9.84 Å². The number of benzene rings is 1. The van der Waals surface area contributed by atoms with Crippen LogP contribution >= 0.6 is 0 Å². The van der Waals surface area contributed by atoms with Crippen molar-refractivity contribution in [2.24, 2.45) is 5.92 Å². The van der Waals surface area contributed by atoms with Crippen molar-refractivity contribution >= 4 is 15.7 Å². The molecule has 136 valence electrons. The standard InChI is InChI=1S/C18H24N2O4S/c1-12-2-5-14(17(21)8-12)18(22)20-7-6-19(9-13-3-4-13)15-10-25(23,24)11-16(15)20/h2,5,8,13,15-16,21H,3-4,6-7,9-11H2,1H3/t15-,16+/m1/s1. The van der Waals surface area contributed by atoms with Gasteiger partial charge in [0, 0.05) is 25.7 Å². The van der Waals surface area contributed by atoms with Crippen molar-refractivity contribution in [3.8, 4) is 5.75 Å². The zero-order chi connectivity index (χ0) is 17.8. The van der Waals surface area contributed by atoms with Crippen molar-refractivity contribution in [3.05, 3.63) is 29.3 Å². The third kappa shape index (κ3) is 3.27. The van der Waals surface area contributed by atoms with Gasteiger partial charge in [-0.15, -0.1) is 0 Å². The minimum atomic E-state index is -3.14. The Morgan fingerprint density at radius 2 is 1.92 bits per heavy atom. The summed E-state index contributed by atoms with van der Waals surface area (Å²) in [5.41, 5.74) is 1.13. The third-order valence-electron chi connectivity index (χ3n) is 5.63. The number of amides is 1. The van der Waals surface area contributed by atoms with E-state index in [-0.39, 0.29) is 40.8 Å². The van der Waals surface area contributed by atoms with Crippen molar-refractivity contribution in [2.75, 3.05) is 31.1 Å². The minimum absolute atomic E-state index is 0.0250. The van der Waals surface area contributed by atoms with Gasteiger partial charge in [0.2, 0.25) is 0 Å². The number of rotatable bonds is 3. The maximum Gasteiger partial charge on any atom is 0.257 e. The number of sulfone groups is 1. The molecule has 1 aromatic carbocycles. The van der Waals surface area contributed by atoms with E-state index >= 15 is 0 Å². The zero-order valence-corrected chi connectivity index (χ0v) is 15.2. The molecule has 6 nitrogen and oxygen atoms in total. The third-order valence-corrected chi connectivity index (χ3v) is 7.32. The molecule has 7 heteroatoms. The van der Waals surface area contributed by atoms with E-state index in [0.29, 0.717) is 19.0 Å². The highest BCUT2D eigenvalue weighted by molar-refractivity contribution is 7.91. The Hall–Kier alpha value is -1.60. The van der Waals surface area contributed by atoms with Crippen molar-refractivity contribution in [3.63, 3.8) is 0 Å². The van der Waals surface area contributed by atoms with Crippen LogP contribution in [-0.4, -0.2) is 72.5 Å². The maximum atomic E-state index is 13.0. The lowest BCUT2D eigenvalue weighted by Crippen LogP contribution is -2.60. The highest BCUT2D eigenvalue weighted by Crippen LogP contribution is 2.35. The van der Waals surface area contributed by atoms with Gasteiger partial charge in [-0.2, -0.15) is 0 Å². The second kappa shape index (κ2) is 5.99. The molecule has 0 radical (unpaired) electrons. The molecule has 1 N–H and O–H groups in total. The Labute approximate surface area is 148 Å². The van der Waals surface area contributed by atoms with Gasteiger partial charge < -0.3 is 10.0 Å². The summed E-state index contributed by atoms with van der Waals surface area (Å²) in [6, 6.07) is 4.56. The fourth-order valence-corrected chi connectivity index (χ4v) is 6.12. The second-order valence-electron chi connectivity index (χ2n) is 7.67. The van der Waals surface area contributed by atoms with Crippen molar-refractivity contribution in [1.82, 2.24) is 9.80 Å². The number of fused-ring (bicyclic) bond motifs is 1. The first-order valence-corrected chi connectivity index (χ1v) is 10.7. The van der Waals surface area contributed by atoms with Gasteiger partial charge >= 0.3 is 0 Å². The molecule has 2 saturated heterocycles. The fourth-order valence-electron chi connectivity index (χ4n) is 4.11. The lowest BCUT2D eigenvalue weighted by molar-refractivity contribution is 0.0316. The molecule has 0 unspecified atom stereocenters. The van der Waals surface area contributed by atoms with Crippen LogP contribution < -0.4 is 0 Å². The maximum absolute atomic E-state index is 13.0. The van der Waals surface area contributed by atoms with Gasteiger partial charge in [-0.05, 0) is 43.4 Å². The Morgan fingerprint density at radius 3 is 2.60 bits per heavy atom. The van der Waals surface area contributed by atoms with Gasteiger partial charge in [0.05, 0.1) is 23.1 Å². The average molecular weight is 364 g/mol. The molecule has 4 rings (SSSR count). The van der Waals surface area contributed by atoms with Crippen LogP contribution in [0, 0.1) is 12.8 Å². The van der Waals surface area contributed by atoms with Crippen LogP contribution in [0.2, 0.25) is 0 Å². The summed E-state index contributed by atoms with van der Waals surface area (Å²) in [5, 5.41) is 10.1. The average Bonchev–Trinajstić information content (AvgIpc) is 3.27. The summed E-state index contributed by atoms with van der Waals surface area (Å²) in [6.07, 6.45) is 2.45. The molecule has 2 atom stereocenters. The van der Waals surface area contributed by atoms with Crippen molar-refractivity contribution in [1.29, 1.82) is 0 Å². The lowest BCUT2D eigenvalue weighted by Gasteiger charge is -2.44. The first kappa shape index (κ1) is 16.8. The van der Waals surface area contributed by atoms with E-state index in [1.807, 2.05) is 6.92 Å². The Bertz CT molecular complexity index is 803. The number of hydrogen-bond donors (Lipinski definition) is 1. The van der Waals surface area contributed by atoms with E-state index in [1.165, 1.54) is 12.8 Å². The summed E-state index contributed by atoms with van der Waals surface area (Å²) in [6.45, 7) is 4.00. The first-order chi connectivity index (χ1) is 11.8. The predicted octanol–water partition coefficient (Wildman–Crippen LogP) is 1.03. The predicted molar refractivity (Wildman–Crippen MR) is 94.4 cm³/mol. The Balaban J connectivity index is 1.60. The number of nitrogens with zero attached hydrogens (tertiary/aromatic N) is 2. The summed E-state index contributed by atoms with van der Waals surface area (Å²) in [4.78, 5) is 16.9. The molecule has 25 heavy (non-hydrogen) atoms. The summed E-state index contributed by atoms with van der Waals surface area (Å²) < 4.78 is 24.5. The number of aryl methyl sites for hydroxylation is 1. The van der Waals surface area contributed by atoms with Gasteiger partial charge in [-0.25, -0.2) is 8.42 Å². The molecular formula is C18H24N2O4S. The molecule has 2 aliphatic heterocycles. The monoisotopic (exact) mass is 364 g/mol. The number of aromatic hydroxyl groups is 1. The number of hydrogen-bond acceptors (Lipinski definition) is 5. The number of carbonyl (C=O) groups excluding carboxylic acids is 1. The molecule has 1 amide bonds. The molecule has 0 aromatic heterocycles. The van der Waals surface area contributed by atoms with E-state index in [1.54, 1.807) is 23.1 Å².